The average Bonchev–Trinajstić information content (AvgIpc) is 3.70. The van der Waals surface area contributed by atoms with Crippen LogP contribution in [0.4, 0.5) is 17.1 Å². The summed E-state index contributed by atoms with van der Waals surface area (Å²) in [7, 11) is 0. The van der Waals surface area contributed by atoms with Gasteiger partial charge in [-0.25, -0.2) is 0 Å². The molecule has 0 atom stereocenters. The summed E-state index contributed by atoms with van der Waals surface area (Å²) in [5, 5.41) is 5.00. The van der Waals surface area contributed by atoms with Gasteiger partial charge in [-0.2, -0.15) is 0 Å². The standard InChI is InChI=1S/C62H47N/c1-61(2)56-35-44(41-17-9-6-10-18-41)27-31-51(56)53-33-29-47(38-58(53)61)63(60-37-46-19-11-12-20-49(46)50-21-13-14-22-55(50)60)48-30-34-54-52-32-28-45(36-57(52)62(3,4)59(54)39-48)43-25-23-42(24-26-43)40-15-7-5-8-16-40/h5-39H,1-4H3. The van der Waals surface area contributed by atoms with Crippen molar-refractivity contribution < 1.29 is 0 Å². The number of benzene rings is 10. The Kier molecular flexibility index (Phi) is 8.30. The lowest BCUT2D eigenvalue weighted by Gasteiger charge is -2.31. The molecule has 0 N–H and O–H groups in total. The molecule has 1 nitrogen and oxygen atoms in total. The minimum absolute atomic E-state index is 0.191. The second kappa shape index (κ2) is 14.0. The van der Waals surface area contributed by atoms with E-state index in [0.29, 0.717) is 0 Å². The van der Waals surface area contributed by atoms with Gasteiger partial charge in [0, 0.05) is 27.6 Å². The monoisotopic (exact) mass is 805 g/mol. The third-order valence-corrected chi connectivity index (χ3v) is 14.3. The lowest BCUT2D eigenvalue weighted by Crippen LogP contribution is -2.18. The Morgan fingerprint density at radius 2 is 0.651 bits per heavy atom. The maximum Gasteiger partial charge on any atom is 0.0546 e. The number of fused-ring (bicyclic) bond motifs is 9. The van der Waals surface area contributed by atoms with Crippen LogP contribution in [0.15, 0.2) is 212 Å². The summed E-state index contributed by atoms with van der Waals surface area (Å²) in [6, 6.07) is 79.1. The maximum absolute atomic E-state index is 2.53. The second-order valence-corrected chi connectivity index (χ2v) is 18.5. The summed E-state index contributed by atoms with van der Waals surface area (Å²) < 4.78 is 0. The zero-order valence-electron chi connectivity index (χ0n) is 36.2. The molecule has 0 fully saturated rings. The Labute approximate surface area is 370 Å². The van der Waals surface area contributed by atoms with Gasteiger partial charge in [0.25, 0.3) is 0 Å². The summed E-state index contributed by atoms with van der Waals surface area (Å²) >= 11 is 0. The predicted octanol–water partition coefficient (Wildman–Crippen LogP) is 17.1. The highest BCUT2D eigenvalue weighted by molar-refractivity contribution is 6.14. The quantitative estimate of drug-likeness (QED) is 0.151. The number of hydrogen-bond donors (Lipinski definition) is 0. The highest BCUT2D eigenvalue weighted by Crippen LogP contribution is 2.55. The molecule has 300 valence electrons. The molecule has 0 unspecified atom stereocenters. The molecule has 63 heavy (non-hydrogen) atoms. The summed E-state index contributed by atoms with van der Waals surface area (Å²) in [4.78, 5) is 2.53. The van der Waals surface area contributed by atoms with Gasteiger partial charge in [-0.3, -0.25) is 0 Å². The molecule has 2 aliphatic rings. The fourth-order valence-corrected chi connectivity index (χ4v) is 10.9. The van der Waals surface area contributed by atoms with E-state index in [1.807, 2.05) is 0 Å². The van der Waals surface area contributed by atoms with Crippen molar-refractivity contribution in [2.75, 3.05) is 4.90 Å². The van der Waals surface area contributed by atoms with Crippen molar-refractivity contribution in [2.24, 2.45) is 0 Å². The molecule has 0 heterocycles. The molecule has 0 saturated heterocycles. The molecule has 0 bridgehead atoms. The van der Waals surface area contributed by atoms with E-state index in [0.717, 1.165) is 11.4 Å². The highest BCUT2D eigenvalue weighted by atomic mass is 15.1. The molecule has 0 saturated carbocycles. The first-order valence-electron chi connectivity index (χ1n) is 22.2. The van der Waals surface area contributed by atoms with E-state index in [9.17, 15) is 0 Å². The summed E-state index contributed by atoms with van der Waals surface area (Å²) in [5.41, 5.74) is 21.3. The van der Waals surface area contributed by atoms with Gasteiger partial charge >= 0.3 is 0 Å². The zero-order valence-corrected chi connectivity index (χ0v) is 36.2. The molecule has 1 heteroatoms. The predicted molar refractivity (Wildman–Crippen MR) is 268 cm³/mol. The number of nitrogens with zero attached hydrogens (tertiary/aromatic N) is 1. The van der Waals surface area contributed by atoms with Crippen LogP contribution in [0.1, 0.15) is 49.9 Å². The van der Waals surface area contributed by atoms with Crippen LogP contribution in [0, 0.1) is 0 Å². The van der Waals surface area contributed by atoms with Gasteiger partial charge in [-0.1, -0.05) is 198 Å². The second-order valence-electron chi connectivity index (χ2n) is 18.5. The van der Waals surface area contributed by atoms with E-state index >= 15 is 0 Å². The van der Waals surface area contributed by atoms with E-state index in [2.05, 4.69) is 245 Å². The van der Waals surface area contributed by atoms with E-state index < -0.39 is 0 Å². The van der Waals surface area contributed by atoms with E-state index in [1.165, 1.54) is 105 Å². The van der Waals surface area contributed by atoms with Crippen molar-refractivity contribution in [3.63, 3.8) is 0 Å². The van der Waals surface area contributed by atoms with Crippen molar-refractivity contribution in [1.82, 2.24) is 0 Å². The molecule has 0 aromatic heterocycles. The molecule has 2 aliphatic carbocycles. The third-order valence-electron chi connectivity index (χ3n) is 14.3. The smallest absolute Gasteiger partial charge is 0.0546 e. The van der Waals surface area contributed by atoms with Gasteiger partial charge in [-0.05, 0) is 137 Å². The summed E-state index contributed by atoms with van der Waals surface area (Å²) in [6.45, 7) is 9.59. The fourth-order valence-electron chi connectivity index (χ4n) is 10.9. The molecule has 0 spiro atoms. The third kappa shape index (κ3) is 5.84. The zero-order chi connectivity index (χ0) is 42.5. The van der Waals surface area contributed by atoms with Gasteiger partial charge in [0.15, 0.2) is 0 Å². The Bertz CT molecular complexity index is 3430. The lowest BCUT2D eigenvalue weighted by molar-refractivity contribution is 0.660. The highest BCUT2D eigenvalue weighted by Gasteiger charge is 2.38. The van der Waals surface area contributed by atoms with Gasteiger partial charge < -0.3 is 4.90 Å². The molecule has 10 aromatic carbocycles. The van der Waals surface area contributed by atoms with Crippen molar-refractivity contribution in [3.8, 4) is 55.6 Å². The van der Waals surface area contributed by atoms with Crippen molar-refractivity contribution >= 4 is 38.6 Å². The number of anilines is 3. The Hall–Kier alpha value is -7.48. The molecule has 0 aliphatic heterocycles. The molecule has 12 rings (SSSR count). The van der Waals surface area contributed by atoms with Crippen LogP contribution in [0.25, 0.3) is 77.2 Å². The van der Waals surface area contributed by atoms with Crippen LogP contribution in [-0.4, -0.2) is 0 Å². The lowest BCUT2D eigenvalue weighted by atomic mass is 9.81. The molecular formula is C62H47N. The van der Waals surface area contributed by atoms with E-state index in [4.69, 9.17) is 0 Å². The van der Waals surface area contributed by atoms with Crippen LogP contribution >= 0.6 is 0 Å². The van der Waals surface area contributed by atoms with Gasteiger partial charge in [0.2, 0.25) is 0 Å². The van der Waals surface area contributed by atoms with Crippen molar-refractivity contribution in [3.05, 3.63) is 235 Å². The van der Waals surface area contributed by atoms with Crippen LogP contribution in [0.2, 0.25) is 0 Å². The van der Waals surface area contributed by atoms with Crippen LogP contribution < -0.4 is 4.90 Å². The van der Waals surface area contributed by atoms with E-state index in [-0.39, 0.29) is 10.8 Å². The maximum atomic E-state index is 2.53. The Balaban J connectivity index is 0.996. The van der Waals surface area contributed by atoms with Crippen LogP contribution in [0.3, 0.4) is 0 Å². The first-order valence-corrected chi connectivity index (χ1v) is 22.2. The largest absolute Gasteiger partial charge is 0.310 e. The van der Waals surface area contributed by atoms with Crippen LogP contribution in [0.5, 0.6) is 0 Å². The topological polar surface area (TPSA) is 3.24 Å². The van der Waals surface area contributed by atoms with Gasteiger partial charge in [0.05, 0.1) is 5.69 Å². The normalized spacial score (nSPS) is 14.0. The minimum atomic E-state index is -0.212. The summed E-state index contributed by atoms with van der Waals surface area (Å²) in [5.74, 6) is 0. The SMILES string of the molecule is CC1(C)c2cc(-c3ccccc3)ccc2-c2ccc(N(c3ccc4c(c3)C(C)(C)c3cc(-c5ccc(-c6ccccc6)cc5)ccc3-4)c3cc4ccccc4c4ccccc34)cc21. The Morgan fingerprint density at radius 1 is 0.286 bits per heavy atom. The molecule has 0 radical (unpaired) electrons. The Morgan fingerprint density at radius 3 is 1.17 bits per heavy atom. The van der Waals surface area contributed by atoms with Crippen LogP contribution in [-0.2, 0) is 10.8 Å². The van der Waals surface area contributed by atoms with Gasteiger partial charge in [0.1, 0.15) is 0 Å². The average molecular weight is 806 g/mol. The van der Waals surface area contributed by atoms with Crippen molar-refractivity contribution in [2.45, 2.75) is 38.5 Å². The first-order chi connectivity index (χ1) is 30.7. The first kappa shape index (κ1) is 37.3. The van der Waals surface area contributed by atoms with E-state index in [1.54, 1.807) is 0 Å². The fraction of sp³-hybridized carbons (Fsp3) is 0.0968. The van der Waals surface area contributed by atoms with Crippen molar-refractivity contribution in [1.29, 1.82) is 0 Å². The van der Waals surface area contributed by atoms with Gasteiger partial charge in [-0.15, -0.1) is 0 Å². The molecule has 10 aromatic rings. The summed E-state index contributed by atoms with van der Waals surface area (Å²) in [6.07, 6.45) is 0. The number of rotatable bonds is 6. The molecule has 0 amide bonds. The molecular weight excluding hydrogens is 759 g/mol. The minimum Gasteiger partial charge on any atom is -0.310 e. The number of hydrogen-bond acceptors (Lipinski definition) is 1.